The average molecular weight is 434 g/mol. The highest BCUT2D eigenvalue weighted by Crippen LogP contribution is 2.32. The van der Waals surface area contributed by atoms with Crippen LogP contribution in [0, 0.1) is 0 Å². The lowest BCUT2D eigenvalue weighted by molar-refractivity contribution is 0.419. The molecule has 0 saturated heterocycles. The van der Waals surface area contributed by atoms with Crippen molar-refractivity contribution in [2.75, 3.05) is 0 Å². The lowest BCUT2D eigenvalue weighted by Crippen LogP contribution is -2.38. The summed E-state index contributed by atoms with van der Waals surface area (Å²) in [5, 5.41) is 1.16. The minimum absolute atomic E-state index is 0.0937. The van der Waals surface area contributed by atoms with E-state index in [-0.39, 0.29) is 16.6 Å². The van der Waals surface area contributed by atoms with Gasteiger partial charge in [-0.3, -0.25) is 9.13 Å². The first kappa shape index (κ1) is 20.1. The van der Waals surface area contributed by atoms with Gasteiger partial charge in [-0.05, 0) is 49.9 Å². The monoisotopic (exact) mass is 433 g/mol. The third kappa shape index (κ3) is 4.10. The summed E-state index contributed by atoms with van der Waals surface area (Å²) in [4.78, 5) is 20.7. The number of nitrogens with zero attached hydrogens (tertiary/aromatic N) is 4. The summed E-state index contributed by atoms with van der Waals surface area (Å²) in [5.41, 5.74) is 1.13. The number of benzene rings is 1. The minimum atomic E-state index is -3.65. The van der Waals surface area contributed by atoms with Gasteiger partial charge in [-0.25, -0.2) is 27.9 Å². The van der Waals surface area contributed by atoms with Gasteiger partial charge >= 0.3 is 5.69 Å². The number of hydrogen-bond donors (Lipinski definition) is 1. The molecule has 1 N–H and O–H groups in total. The quantitative estimate of drug-likeness (QED) is 0.619. The average Bonchev–Trinajstić information content (AvgIpc) is 2.94. The molecule has 3 aromatic rings. The zero-order valence-electron chi connectivity index (χ0n) is 16.3. The molecule has 2 heterocycles. The molecule has 1 aliphatic rings. The van der Waals surface area contributed by atoms with E-state index in [1.807, 2.05) is 0 Å². The summed E-state index contributed by atoms with van der Waals surface area (Å²) < 4.78 is 31.6. The molecule has 10 heteroatoms. The Bertz CT molecular complexity index is 1180. The van der Waals surface area contributed by atoms with E-state index < -0.39 is 10.0 Å². The molecule has 0 radical (unpaired) electrons. The number of fused-ring (bicyclic) bond motifs is 1. The highest BCUT2D eigenvalue weighted by Gasteiger charge is 2.27. The van der Waals surface area contributed by atoms with Crippen LogP contribution in [0.1, 0.15) is 25.7 Å². The van der Waals surface area contributed by atoms with Gasteiger partial charge in [-0.1, -0.05) is 11.8 Å². The Kier molecular flexibility index (Phi) is 5.50. The van der Waals surface area contributed by atoms with E-state index in [2.05, 4.69) is 14.7 Å². The molecule has 0 amide bonds. The number of rotatable bonds is 5. The van der Waals surface area contributed by atoms with Crippen molar-refractivity contribution in [3.05, 3.63) is 47.1 Å². The van der Waals surface area contributed by atoms with Crippen molar-refractivity contribution in [3.8, 4) is 0 Å². The standard InChI is InChI=1S/C19H23N5O3S2/c1-23-16-9-8-15(12-17(16)24(2)19(23)25)29(26,27)22-13-4-6-14(7-5-13)28-18-20-10-3-11-21-18/h3,8-14,22H,4-7H2,1-2H3. The Hall–Kier alpha value is -2.17. The zero-order valence-corrected chi connectivity index (χ0v) is 17.9. The van der Waals surface area contributed by atoms with Crippen molar-refractivity contribution in [1.29, 1.82) is 0 Å². The molecular formula is C19H23N5O3S2. The third-order valence-corrected chi connectivity index (χ3v) is 8.11. The Balaban J connectivity index is 1.44. The first-order valence-electron chi connectivity index (χ1n) is 9.46. The molecule has 1 fully saturated rings. The maximum atomic E-state index is 12.9. The molecular weight excluding hydrogens is 410 g/mol. The molecule has 0 bridgehead atoms. The van der Waals surface area contributed by atoms with Crippen LogP contribution in [0.25, 0.3) is 11.0 Å². The van der Waals surface area contributed by atoms with E-state index in [9.17, 15) is 13.2 Å². The van der Waals surface area contributed by atoms with Gasteiger partial charge in [0, 0.05) is 37.8 Å². The Morgan fingerprint density at radius 1 is 1.03 bits per heavy atom. The van der Waals surface area contributed by atoms with Crippen LogP contribution in [-0.4, -0.2) is 38.8 Å². The highest BCUT2D eigenvalue weighted by molar-refractivity contribution is 7.99. The normalized spacial score (nSPS) is 20.2. The van der Waals surface area contributed by atoms with Gasteiger partial charge in [0.1, 0.15) is 0 Å². The van der Waals surface area contributed by atoms with E-state index in [1.54, 1.807) is 62.5 Å². The fraction of sp³-hybridized carbons (Fsp3) is 0.421. The van der Waals surface area contributed by atoms with Crippen LogP contribution < -0.4 is 10.4 Å². The summed E-state index contributed by atoms with van der Waals surface area (Å²) in [5.74, 6) is 0. The van der Waals surface area contributed by atoms with Gasteiger partial charge in [0.15, 0.2) is 5.16 Å². The van der Waals surface area contributed by atoms with Crippen LogP contribution in [0.2, 0.25) is 0 Å². The van der Waals surface area contributed by atoms with E-state index in [0.29, 0.717) is 16.3 Å². The molecule has 2 aromatic heterocycles. The number of imidazole rings is 1. The topological polar surface area (TPSA) is 98.9 Å². The fourth-order valence-corrected chi connectivity index (χ4v) is 6.11. The fourth-order valence-electron chi connectivity index (χ4n) is 3.74. The minimum Gasteiger partial charge on any atom is -0.295 e. The van der Waals surface area contributed by atoms with E-state index in [0.717, 1.165) is 30.8 Å². The van der Waals surface area contributed by atoms with Gasteiger partial charge in [0.05, 0.1) is 15.9 Å². The van der Waals surface area contributed by atoms with Crippen molar-refractivity contribution in [2.24, 2.45) is 14.1 Å². The number of sulfonamides is 1. The van der Waals surface area contributed by atoms with Gasteiger partial charge in [0.2, 0.25) is 10.0 Å². The van der Waals surface area contributed by atoms with Gasteiger partial charge in [-0.2, -0.15) is 0 Å². The second-order valence-corrected chi connectivity index (χ2v) is 10.3. The first-order valence-corrected chi connectivity index (χ1v) is 11.8. The predicted octanol–water partition coefficient (Wildman–Crippen LogP) is 2.05. The van der Waals surface area contributed by atoms with Crippen LogP contribution in [0.3, 0.4) is 0 Å². The number of nitrogens with one attached hydrogen (secondary N) is 1. The molecule has 1 aliphatic carbocycles. The Morgan fingerprint density at radius 3 is 2.38 bits per heavy atom. The Morgan fingerprint density at radius 2 is 1.69 bits per heavy atom. The van der Waals surface area contributed by atoms with E-state index in [4.69, 9.17) is 0 Å². The van der Waals surface area contributed by atoms with Gasteiger partial charge in [0.25, 0.3) is 0 Å². The SMILES string of the molecule is Cn1c(=O)n(C)c2cc(S(=O)(=O)NC3CCC(Sc4ncccn4)CC3)ccc21. The molecule has 4 rings (SSSR count). The maximum Gasteiger partial charge on any atom is 0.328 e. The van der Waals surface area contributed by atoms with Crippen molar-refractivity contribution in [2.45, 2.75) is 47.0 Å². The molecule has 0 aliphatic heterocycles. The molecule has 0 atom stereocenters. The molecule has 154 valence electrons. The Labute approximate surface area is 173 Å². The lowest BCUT2D eigenvalue weighted by atomic mass is 9.96. The predicted molar refractivity (Wildman–Crippen MR) is 112 cm³/mol. The number of hydrogen-bond acceptors (Lipinski definition) is 6. The molecule has 1 aromatic carbocycles. The van der Waals surface area contributed by atoms with E-state index in [1.165, 1.54) is 9.13 Å². The van der Waals surface area contributed by atoms with Crippen molar-refractivity contribution >= 4 is 32.8 Å². The highest BCUT2D eigenvalue weighted by atomic mass is 32.2. The van der Waals surface area contributed by atoms with E-state index >= 15 is 0 Å². The third-order valence-electron chi connectivity index (χ3n) is 5.36. The number of aryl methyl sites for hydroxylation is 2. The van der Waals surface area contributed by atoms with Crippen LogP contribution in [0.4, 0.5) is 0 Å². The van der Waals surface area contributed by atoms with Gasteiger partial charge in [-0.15, -0.1) is 0 Å². The molecule has 1 saturated carbocycles. The number of thioether (sulfide) groups is 1. The smallest absolute Gasteiger partial charge is 0.295 e. The number of aromatic nitrogens is 4. The van der Waals surface area contributed by atoms with Crippen molar-refractivity contribution < 1.29 is 8.42 Å². The lowest BCUT2D eigenvalue weighted by Gasteiger charge is -2.28. The van der Waals surface area contributed by atoms with Crippen LogP contribution in [0.15, 0.2) is 51.5 Å². The van der Waals surface area contributed by atoms with Crippen LogP contribution in [-0.2, 0) is 24.1 Å². The summed E-state index contributed by atoms with van der Waals surface area (Å²) in [7, 11) is -0.337. The maximum absolute atomic E-state index is 12.9. The van der Waals surface area contributed by atoms with Crippen molar-refractivity contribution in [3.63, 3.8) is 0 Å². The molecule has 8 nitrogen and oxygen atoms in total. The first-order chi connectivity index (χ1) is 13.8. The molecule has 29 heavy (non-hydrogen) atoms. The summed E-state index contributed by atoms with van der Waals surface area (Å²) in [6.45, 7) is 0. The summed E-state index contributed by atoms with van der Waals surface area (Å²) in [6, 6.07) is 6.49. The second kappa shape index (κ2) is 7.92. The van der Waals surface area contributed by atoms with Crippen LogP contribution in [0.5, 0.6) is 0 Å². The zero-order chi connectivity index (χ0) is 20.6. The largest absolute Gasteiger partial charge is 0.328 e. The molecule has 0 spiro atoms. The second-order valence-electron chi connectivity index (χ2n) is 7.30. The van der Waals surface area contributed by atoms with Crippen molar-refractivity contribution in [1.82, 2.24) is 23.8 Å². The van der Waals surface area contributed by atoms with Gasteiger partial charge < -0.3 is 0 Å². The summed E-state index contributed by atoms with van der Waals surface area (Å²) in [6.07, 6.45) is 6.82. The van der Waals surface area contributed by atoms with Crippen LogP contribution >= 0.6 is 11.8 Å². The molecule has 0 unspecified atom stereocenters. The summed E-state index contributed by atoms with van der Waals surface area (Å²) >= 11 is 1.65.